The van der Waals surface area contributed by atoms with Crippen LogP contribution >= 0.6 is 0 Å². The van der Waals surface area contributed by atoms with Crippen LogP contribution < -0.4 is 5.01 Å². The Hall–Kier alpha value is -3.41. The minimum absolute atomic E-state index is 0.188. The van der Waals surface area contributed by atoms with E-state index in [1.165, 1.54) is 5.01 Å². The van der Waals surface area contributed by atoms with Crippen molar-refractivity contribution in [1.29, 1.82) is 0 Å². The second-order valence-corrected chi connectivity index (χ2v) is 6.26. The molecule has 1 aliphatic rings. The number of benzene rings is 1. The molecule has 1 aliphatic heterocycles. The summed E-state index contributed by atoms with van der Waals surface area (Å²) in [7, 11) is 0. The predicted molar refractivity (Wildman–Crippen MR) is 103 cm³/mol. The van der Waals surface area contributed by atoms with E-state index in [1.54, 1.807) is 75.6 Å². The molecule has 1 aromatic heterocycles. The van der Waals surface area contributed by atoms with Crippen LogP contribution in [0.5, 0.6) is 0 Å². The molecule has 138 valence electrons. The number of rotatable bonds is 5. The third kappa shape index (κ3) is 4.23. The summed E-state index contributed by atoms with van der Waals surface area (Å²) in [5, 5.41) is 5.64. The summed E-state index contributed by atoms with van der Waals surface area (Å²) in [6.07, 6.45) is 6.62. The molecule has 0 saturated heterocycles. The fraction of sp³-hybridized carbons (Fsp3) is 0.190. The third-order valence-electron chi connectivity index (χ3n) is 3.82. The third-order valence-corrected chi connectivity index (χ3v) is 3.82. The number of hydrogen-bond acceptors (Lipinski definition) is 5. The van der Waals surface area contributed by atoms with Crippen molar-refractivity contribution < 1.29 is 18.7 Å². The molecule has 6 heteroatoms. The van der Waals surface area contributed by atoms with E-state index in [4.69, 9.17) is 9.15 Å². The maximum atomic E-state index is 12.7. The average molecular weight is 364 g/mol. The molecule has 0 radical (unpaired) electrons. The Morgan fingerprint density at radius 2 is 1.96 bits per heavy atom. The summed E-state index contributed by atoms with van der Waals surface area (Å²) in [6, 6.07) is 10.2. The van der Waals surface area contributed by atoms with Gasteiger partial charge in [-0.2, -0.15) is 10.1 Å². The number of furan rings is 1. The fourth-order valence-corrected chi connectivity index (χ4v) is 2.53. The first kappa shape index (κ1) is 18.4. The molecule has 0 N–H and O–H groups in total. The van der Waals surface area contributed by atoms with Gasteiger partial charge in [0.15, 0.2) is 0 Å². The molecule has 6 nitrogen and oxygen atoms in total. The summed E-state index contributed by atoms with van der Waals surface area (Å²) in [5.41, 5.74) is 2.13. The molecule has 0 saturated carbocycles. The van der Waals surface area contributed by atoms with Crippen LogP contribution in [-0.4, -0.2) is 23.7 Å². The molecule has 3 rings (SSSR count). The monoisotopic (exact) mass is 364 g/mol. The van der Waals surface area contributed by atoms with E-state index in [0.717, 1.165) is 0 Å². The average Bonchev–Trinajstić information content (AvgIpc) is 3.24. The van der Waals surface area contributed by atoms with Crippen LogP contribution in [0.1, 0.15) is 36.9 Å². The van der Waals surface area contributed by atoms with Gasteiger partial charge in [0.1, 0.15) is 5.76 Å². The van der Waals surface area contributed by atoms with Crippen LogP contribution in [-0.2, 0) is 9.53 Å². The van der Waals surface area contributed by atoms with Gasteiger partial charge in [-0.25, -0.2) is 4.79 Å². The number of anilines is 1. The largest absolute Gasteiger partial charge is 0.465 e. The molecule has 2 heterocycles. The number of nitrogens with zero attached hydrogens (tertiary/aromatic N) is 2. The van der Waals surface area contributed by atoms with Gasteiger partial charge in [-0.15, -0.1) is 0 Å². The summed E-state index contributed by atoms with van der Waals surface area (Å²) in [5.74, 6) is 0.0781. The van der Waals surface area contributed by atoms with Crippen LogP contribution in [0.25, 0.3) is 6.08 Å². The van der Waals surface area contributed by atoms with Gasteiger partial charge in [0.25, 0.3) is 5.91 Å². The Morgan fingerprint density at radius 1 is 1.22 bits per heavy atom. The first-order chi connectivity index (χ1) is 13.0. The molecule has 1 aromatic carbocycles. The quantitative estimate of drug-likeness (QED) is 0.589. The second kappa shape index (κ2) is 7.86. The Morgan fingerprint density at radius 3 is 2.59 bits per heavy atom. The van der Waals surface area contributed by atoms with E-state index in [2.05, 4.69) is 5.10 Å². The van der Waals surface area contributed by atoms with Crippen LogP contribution in [0.15, 0.2) is 69.9 Å². The smallest absolute Gasteiger partial charge is 0.338 e. The van der Waals surface area contributed by atoms with Gasteiger partial charge in [0.2, 0.25) is 0 Å². The Bertz CT molecular complexity index is 920. The number of hydrazone groups is 1. The fourth-order valence-electron chi connectivity index (χ4n) is 2.53. The molecular weight excluding hydrogens is 344 g/mol. The summed E-state index contributed by atoms with van der Waals surface area (Å²) in [6.45, 7) is 5.36. The molecule has 0 bridgehead atoms. The lowest BCUT2D eigenvalue weighted by atomic mass is 10.1. The van der Waals surface area contributed by atoms with Crippen molar-refractivity contribution in [3.63, 3.8) is 0 Å². The van der Waals surface area contributed by atoms with Crippen molar-refractivity contribution in [1.82, 2.24) is 0 Å². The van der Waals surface area contributed by atoms with Gasteiger partial charge in [-0.1, -0.05) is 6.08 Å². The maximum absolute atomic E-state index is 12.7. The lowest BCUT2D eigenvalue weighted by Crippen LogP contribution is -2.21. The number of allylic oxidation sites excluding steroid dienone is 2. The van der Waals surface area contributed by atoms with Gasteiger partial charge in [-0.05, 0) is 69.3 Å². The van der Waals surface area contributed by atoms with E-state index in [1.807, 2.05) is 6.07 Å². The van der Waals surface area contributed by atoms with E-state index >= 15 is 0 Å². The number of amides is 1. The molecule has 0 unspecified atom stereocenters. The summed E-state index contributed by atoms with van der Waals surface area (Å²) in [4.78, 5) is 24.6. The molecule has 0 atom stereocenters. The highest BCUT2D eigenvalue weighted by Gasteiger charge is 2.28. The highest BCUT2D eigenvalue weighted by molar-refractivity contribution is 6.29. The minimum Gasteiger partial charge on any atom is -0.465 e. The molecule has 0 spiro atoms. The number of ether oxygens (including phenoxy) is 1. The lowest BCUT2D eigenvalue weighted by Gasteiger charge is -2.12. The number of carbonyl (C=O) groups excluding carboxylic acids is 2. The molecular formula is C21H20N2O4. The molecule has 1 amide bonds. The van der Waals surface area contributed by atoms with Crippen molar-refractivity contribution in [2.45, 2.75) is 26.9 Å². The zero-order valence-electron chi connectivity index (χ0n) is 15.4. The Balaban J connectivity index is 1.74. The standard InChI is InChI=1S/C21H20N2O4/c1-14(2)27-21(25)16-9-11-17(12-10-16)23-20(24)19(15(3)22-23)8-4-6-18-7-5-13-26-18/h4-14H,1-3H3/b6-4+,19-8-. The molecule has 2 aromatic rings. The zero-order chi connectivity index (χ0) is 19.4. The first-order valence-electron chi connectivity index (χ1n) is 8.58. The predicted octanol–water partition coefficient (Wildman–Crippen LogP) is 4.21. The van der Waals surface area contributed by atoms with Gasteiger partial charge in [0, 0.05) is 0 Å². The van der Waals surface area contributed by atoms with Gasteiger partial charge >= 0.3 is 5.97 Å². The topological polar surface area (TPSA) is 72.1 Å². The number of carbonyl (C=O) groups is 2. The van der Waals surface area contributed by atoms with Crippen molar-refractivity contribution in [3.05, 3.63) is 71.7 Å². The van der Waals surface area contributed by atoms with Crippen molar-refractivity contribution in [2.24, 2.45) is 5.10 Å². The van der Waals surface area contributed by atoms with E-state index in [0.29, 0.717) is 28.3 Å². The van der Waals surface area contributed by atoms with Crippen LogP contribution in [0.4, 0.5) is 5.69 Å². The lowest BCUT2D eigenvalue weighted by molar-refractivity contribution is -0.114. The Labute approximate surface area is 157 Å². The SMILES string of the molecule is CC1=NN(c2ccc(C(=O)OC(C)C)cc2)C(=O)/C1=C\C=C\c1ccco1. The van der Waals surface area contributed by atoms with Crippen LogP contribution in [0.3, 0.4) is 0 Å². The highest BCUT2D eigenvalue weighted by Crippen LogP contribution is 2.24. The second-order valence-electron chi connectivity index (χ2n) is 6.26. The Kier molecular flexibility index (Phi) is 5.35. The number of esters is 1. The highest BCUT2D eigenvalue weighted by atomic mass is 16.5. The van der Waals surface area contributed by atoms with E-state index in [9.17, 15) is 9.59 Å². The van der Waals surface area contributed by atoms with Crippen molar-refractivity contribution in [3.8, 4) is 0 Å². The first-order valence-corrected chi connectivity index (χ1v) is 8.58. The van der Waals surface area contributed by atoms with Crippen molar-refractivity contribution >= 4 is 29.4 Å². The molecule has 27 heavy (non-hydrogen) atoms. The van der Waals surface area contributed by atoms with Crippen LogP contribution in [0, 0.1) is 0 Å². The minimum atomic E-state index is -0.396. The van der Waals surface area contributed by atoms with E-state index in [-0.39, 0.29) is 12.0 Å². The number of hydrogen-bond donors (Lipinski definition) is 0. The van der Waals surface area contributed by atoms with Crippen LogP contribution in [0.2, 0.25) is 0 Å². The van der Waals surface area contributed by atoms with Gasteiger partial charge < -0.3 is 9.15 Å². The molecule has 0 aliphatic carbocycles. The zero-order valence-corrected chi connectivity index (χ0v) is 15.4. The van der Waals surface area contributed by atoms with Gasteiger partial charge in [0.05, 0.1) is 34.9 Å². The maximum Gasteiger partial charge on any atom is 0.338 e. The van der Waals surface area contributed by atoms with E-state index < -0.39 is 5.97 Å². The molecule has 0 fully saturated rings. The van der Waals surface area contributed by atoms with Crippen molar-refractivity contribution in [2.75, 3.05) is 5.01 Å². The summed E-state index contributed by atoms with van der Waals surface area (Å²) >= 11 is 0. The summed E-state index contributed by atoms with van der Waals surface area (Å²) < 4.78 is 10.4. The normalized spacial score (nSPS) is 15.9. The van der Waals surface area contributed by atoms with Gasteiger partial charge in [-0.3, -0.25) is 4.79 Å².